The molecule has 2 aromatic rings. The fraction of sp³-hybridized carbons (Fsp3) is 0.118. The maximum Gasteiger partial charge on any atom is 0.328 e. The number of carbonyl (C=O) groups excluding carboxylic acids is 2. The van der Waals surface area contributed by atoms with E-state index in [1.54, 1.807) is 60.7 Å². The number of nitrogens with one attached hydrogen (secondary N) is 2. The molecule has 0 saturated carbocycles. The van der Waals surface area contributed by atoms with Crippen LogP contribution >= 0.6 is 0 Å². The lowest BCUT2D eigenvalue weighted by Gasteiger charge is -2.15. The van der Waals surface area contributed by atoms with Crippen molar-refractivity contribution in [3.05, 3.63) is 71.8 Å². The summed E-state index contributed by atoms with van der Waals surface area (Å²) in [6.45, 7) is -0.207. The van der Waals surface area contributed by atoms with Crippen molar-refractivity contribution >= 4 is 17.8 Å². The summed E-state index contributed by atoms with van der Waals surface area (Å²) in [5.74, 6) is -2.12. The van der Waals surface area contributed by atoms with Gasteiger partial charge in [-0.25, -0.2) is 4.79 Å². The largest absolute Gasteiger partial charge is 0.480 e. The van der Waals surface area contributed by atoms with Crippen molar-refractivity contribution in [2.75, 3.05) is 6.54 Å². The van der Waals surface area contributed by atoms with Gasteiger partial charge in [-0.05, 0) is 24.3 Å². The van der Waals surface area contributed by atoms with Crippen molar-refractivity contribution in [1.82, 2.24) is 10.6 Å². The van der Waals surface area contributed by atoms with Crippen LogP contribution in [0.1, 0.15) is 20.7 Å². The first-order valence-corrected chi connectivity index (χ1v) is 7.00. The molecule has 0 aliphatic heterocycles. The highest BCUT2D eigenvalue weighted by molar-refractivity contribution is 5.97. The Balaban J connectivity index is 1.96. The van der Waals surface area contributed by atoms with Crippen LogP contribution in [0.2, 0.25) is 0 Å². The van der Waals surface area contributed by atoms with Gasteiger partial charge in [-0.3, -0.25) is 9.59 Å². The van der Waals surface area contributed by atoms with Crippen molar-refractivity contribution in [3.8, 4) is 0 Å². The molecule has 2 rings (SSSR count). The van der Waals surface area contributed by atoms with Gasteiger partial charge >= 0.3 is 5.97 Å². The fourth-order valence-electron chi connectivity index (χ4n) is 1.92. The number of carbonyl (C=O) groups is 3. The highest BCUT2D eigenvalue weighted by Crippen LogP contribution is 2.00. The second-order valence-electron chi connectivity index (χ2n) is 4.81. The van der Waals surface area contributed by atoms with Crippen LogP contribution in [-0.2, 0) is 4.79 Å². The third-order valence-corrected chi connectivity index (χ3v) is 3.14. The van der Waals surface area contributed by atoms with Crippen molar-refractivity contribution in [1.29, 1.82) is 0 Å². The molecule has 0 radical (unpaired) electrons. The maximum absolute atomic E-state index is 12.0. The molecular weight excluding hydrogens is 296 g/mol. The molecule has 2 amide bonds. The Labute approximate surface area is 133 Å². The summed E-state index contributed by atoms with van der Waals surface area (Å²) in [7, 11) is 0. The summed E-state index contributed by atoms with van der Waals surface area (Å²) in [4.78, 5) is 35.1. The lowest BCUT2D eigenvalue weighted by molar-refractivity contribution is -0.139. The van der Waals surface area contributed by atoms with E-state index in [0.717, 1.165) is 0 Å². The zero-order chi connectivity index (χ0) is 16.7. The molecule has 0 spiro atoms. The topological polar surface area (TPSA) is 95.5 Å². The molecule has 118 valence electrons. The summed E-state index contributed by atoms with van der Waals surface area (Å²) in [5, 5.41) is 14.1. The number of amides is 2. The summed E-state index contributed by atoms with van der Waals surface area (Å²) in [6, 6.07) is 15.5. The third kappa shape index (κ3) is 4.67. The lowest BCUT2D eigenvalue weighted by atomic mass is 10.2. The van der Waals surface area contributed by atoms with E-state index in [1.165, 1.54) is 0 Å². The molecule has 0 aromatic heterocycles. The molecule has 1 atom stereocenters. The maximum atomic E-state index is 12.0. The molecule has 0 fully saturated rings. The first kappa shape index (κ1) is 16.2. The predicted octanol–water partition coefficient (Wildman–Crippen LogP) is 1.30. The number of hydrogen-bond acceptors (Lipinski definition) is 3. The number of benzene rings is 2. The van der Waals surface area contributed by atoms with E-state index in [9.17, 15) is 19.5 Å². The first-order valence-electron chi connectivity index (χ1n) is 7.00. The summed E-state index contributed by atoms with van der Waals surface area (Å²) < 4.78 is 0. The van der Waals surface area contributed by atoms with Crippen molar-refractivity contribution in [2.24, 2.45) is 0 Å². The second-order valence-corrected chi connectivity index (χ2v) is 4.81. The Kier molecular flexibility index (Phi) is 5.46. The summed E-state index contributed by atoms with van der Waals surface area (Å²) in [5.41, 5.74) is 0.777. The quantitative estimate of drug-likeness (QED) is 0.749. The Morgan fingerprint density at radius 3 is 1.78 bits per heavy atom. The predicted molar refractivity (Wildman–Crippen MR) is 84.1 cm³/mol. The van der Waals surface area contributed by atoms with E-state index in [-0.39, 0.29) is 6.54 Å². The van der Waals surface area contributed by atoms with Crippen LogP contribution in [0, 0.1) is 0 Å². The van der Waals surface area contributed by atoms with Gasteiger partial charge in [0.05, 0.1) is 0 Å². The van der Waals surface area contributed by atoms with E-state index in [4.69, 9.17) is 0 Å². The minimum absolute atomic E-state index is 0.207. The average Bonchev–Trinajstić information content (AvgIpc) is 2.59. The number of rotatable bonds is 6. The molecule has 23 heavy (non-hydrogen) atoms. The van der Waals surface area contributed by atoms with Gasteiger partial charge in [0.2, 0.25) is 0 Å². The van der Waals surface area contributed by atoms with E-state index in [1.807, 2.05) is 0 Å². The van der Waals surface area contributed by atoms with Crippen LogP contribution in [0.4, 0.5) is 0 Å². The SMILES string of the molecule is O=C(NCC(NC(=O)c1ccccc1)C(=O)O)c1ccccc1. The molecule has 2 aromatic carbocycles. The third-order valence-electron chi connectivity index (χ3n) is 3.14. The molecule has 0 bridgehead atoms. The Hall–Kier alpha value is -3.15. The number of carboxylic acid groups (broad SMARTS) is 1. The molecule has 3 N–H and O–H groups in total. The molecule has 0 heterocycles. The van der Waals surface area contributed by atoms with Crippen LogP contribution in [0.3, 0.4) is 0 Å². The van der Waals surface area contributed by atoms with E-state index < -0.39 is 23.8 Å². The van der Waals surface area contributed by atoms with Crippen LogP contribution in [-0.4, -0.2) is 35.5 Å². The smallest absolute Gasteiger partial charge is 0.328 e. The minimum Gasteiger partial charge on any atom is -0.480 e. The van der Waals surface area contributed by atoms with Gasteiger partial charge < -0.3 is 15.7 Å². The molecule has 1 unspecified atom stereocenters. The first-order chi connectivity index (χ1) is 11.1. The minimum atomic E-state index is -1.22. The Morgan fingerprint density at radius 1 is 0.826 bits per heavy atom. The van der Waals surface area contributed by atoms with Gasteiger partial charge in [0.1, 0.15) is 6.04 Å². The van der Waals surface area contributed by atoms with Gasteiger partial charge in [-0.1, -0.05) is 36.4 Å². The van der Waals surface area contributed by atoms with Crippen LogP contribution in [0.15, 0.2) is 60.7 Å². The molecule has 0 aliphatic carbocycles. The van der Waals surface area contributed by atoms with E-state index >= 15 is 0 Å². The van der Waals surface area contributed by atoms with Crippen LogP contribution in [0.5, 0.6) is 0 Å². The van der Waals surface area contributed by atoms with Crippen molar-refractivity contribution in [3.63, 3.8) is 0 Å². The van der Waals surface area contributed by atoms with E-state index in [2.05, 4.69) is 10.6 Å². The van der Waals surface area contributed by atoms with Crippen LogP contribution in [0.25, 0.3) is 0 Å². The van der Waals surface area contributed by atoms with Gasteiger partial charge in [0, 0.05) is 17.7 Å². The number of carboxylic acids is 1. The van der Waals surface area contributed by atoms with Crippen molar-refractivity contribution < 1.29 is 19.5 Å². The Morgan fingerprint density at radius 2 is 1.30 bits per heavy atom. The normalized spacial score (nSPS) is 11.3. The zero-order valence-corrected chi connectivity index (χ0v) is 12.2. The summed E-state index contributed by atoms with van der Waals surface area (Å²) >= 11 is 0. The van der Waals surface area contributed by atoms with E-state index in [0.29, 0.717) is 11.1 Å². The monoisotopic (exact) mass is 312 g/mol. The average molecular weight is 312 g/mol. The Bertz CT molecular complexity index is 686. The van der Waals surface area contributed by atoms with Crippen molar-refractivity contribution in [2.45, 2.75) is 6.04 Å². The lowest BCUT2D eigenvalue weighted by Crippen LogP contribution is -2.48. The number of aliphatic carboxylic acids is 1. The molecule has 0 saturated heterocycles. The molecule has 0 aliphatic rings. The van der Waals surface area contributed by atoms with Gasteiger partial charge in [0.25, 0.3) is 11.8 Å². The van der Waals surface area contributed by atoms with Crippen LogP contribution < -0.4 is 10.6 Å². The summed E-state index contributed by atoms with van der Waals surface area (Å²) in [6.07, 6.45) is 0. The second kappa shape index (κ2) is 7.74. The zero-order valence-electron chi connectivity index (χ0n) is 12.2. The van der Waals surface area contributed by atoms with Gasteiger partial charge in [-0.2, -0.15) is 0 Å². The highest BCUT2D eigenvalue weighted by atomic mass is 16.4. The molecular formula is C17H16N2O4. The fourth-order valence-corrected chi connectivity index (χ4v) is 1.92. The standard InChI is InChI=1S/C17H16N2O4/c20-15(12-7-3-1-4-8-12)18-11-14(17(22)23)19-16(21)13-9-5-2-6-10-13/h1-10,14H,11H2,(H,18,20)(H,19,21)(H,22,23). The molecule has 6 nitrogen and oxygen atoms in total. The van der Waals surface area contributed by atoms with Gasteiger partial charge in [0.15, 0.2) is 0 Å². The van der Waals surface area contributed by atoms with Gasteiger partial charge in [-0.15, -0.1) is 0 Å². The highest BCUT2D eigenvalue weighted by Gasteiger charge is 2.21. The number of hydrogen-bond donors (Lipinski definition) is 3. The molecule has 6 heteroatoms.